The lowest BCUT2D eigenvalue weighted by atomic mass is 10.1. The number of hydrazone groups is 1. The molecule has 144 valence electrons. The molecule has 0 unspecified atom stereocenters. The van der Waals surface area contributed by atoms with Crippen molar-refractivity contribution < 1.29 is 27.6 Å². The lowest BCUT2D eigenvalue weighted by Crippen LogP contribution is -2.07. The highest BCUT2D eigenvalue weighted by molar-refractivity contribution is 5.99. The summed E-state index contributed by atoms with van der Waals surface area (Å²) in [6.07, 6.45) is -4.68. The molecule has 2 aromatic carbocycles. The first-order valence-electron chi connectivity index (χ1n) is 7.55. The molecule has 0 aliphatic carbocycles. The Labute approximate surface area is 152 Å². The summed E-state index contributed by atoms with van der Waals surface area (Å²) >= 11 is 0. The van der Waals surface area contributed by atoms with Crippen molar-refractivity contribution in [2.45, 2.75) is 13.1 Å². The van der Waals surface area contributed by atoms with Gasteiger partial charge in [-0.15, -0.1) is 0 Å². The molecule has 0 atom stereocenters. The van der Waals surface area contributed by atoms with Crippen LogP contribution >= 0.6 is 0 Å². The Bertz CT molecular complexity index is 882. The predicted molar refractivity (Wildman–Crippen MR) is 93.5 cm³/mol. The number of anilines is 1. The summed E-state index contributed by atoms with van der Waals surface area (Å²) in [6, 6.07) is 7.18. The highest BCUT2D eigenvalue weighted by Crippen LogP contribution is 2.35. The largest absolute Gasteiger partial charge is 0.493 e. The number of halogens is 3. The molecule has 0 saturated heterocycles. The van der Waals surface area contributed by atoms with E-state index in [1.165, 1.54) is 14.2 Å². The number of alkyl halides is 3. The van der Waals surface area contributed by atoms with E-state index >= 15 is 0 Å². The third-order valence-electron chi connectivity index (χ3n) is 3.67. The molecule has 1 N–H and O–H groups in total. The van der Waals surface area contributed by atoms with Crippen molar-refractivity contribution in [2.24, 2.45) is 5.10 Å². The molecule has 2 rings (SSSR count). The van der Waals surface area contributed by atoms with Gasteiger partial charge in [0.1, 0.15) is 5.69 Å². The predicted octanol–water partition coefficient (Wildman–Crippen LogP) is 4.47. The van der Waals surface area contributed by atoms with E-state index in [9.17, 15) is 23.3 Å². The highest BCUT2D eigenvalue weighted by Gasteiger charge is 2.33. The van der Waals surface area contributed by atoms with Crippen molar-refractivity contribution in [3.05, 3.63) is 57.6 Å². The summed E-state index contributed by atoms with van der Waals surface area (Å²) in [5, 5.41) is 15.1. The molecule has 0 amide bonds. The maximum Gasteiger partial charge on any atom is 0.416 e. The van der Waals surface area contributed by atoms with Gasteiger partial charge in [-0.3, -0.25) is 15.5 Å². The van der Waals surface area contributed by atoms with E-state index in [4.69, 9.17) is 9.47 Å². The van der Waals surface area contributed by atoms with Gasteiger partial charge in [0.15, 0.2) is 11.5 Å². The summed E-state index contributed by atoms with van der Waals surface area (Å²) in [4.78, 5) is 10.2. The van der Waals surface area contributed by atoms with E-state index in [0.717, 1.165) is 12.1 Å². The maximum atomic E-state index is 12.7. The average molecular weight is 383 g/mol. The third kappa shape index (κ3) is 4.66. The first-order valence-corrected chi connectivity index (χ1v) is 7.55. The Morgan fingerprint density at radius 3 is 2.33 bits per heavy atom. The van der Waals surface area contributed by atoms with Crippen LogP contribution in [0.4, 0.5) is 24.5 Å². The molecule has 0 bridgehead atoms. The van der Waals surface area contributed by atoms with Gasteiger partial charge in [0.05, 0.1) is 30.4 Å². The van der Waals surface area contributed by atoms with Crippen LogP contribution < -0.4 is 14.9 Å². The minimum absolute atomic E-state index is 0.159. The van der Waals surface area contributed by atoms with Crippen LogP contribution in [-0.2, 0) is 6.18 Å². The lowest BCUT2D eigenvalue weighted by molar-refractivity contribution is -0.384. The number of nitrogens with zero attached hydrogens (tertiary/aromatic N) is 2. The summed E-state index contributed by atoms with van der Waals surface area (Å²) in [5.74, 6) is 0.977. The fraction of sp³-hybridized carbons (Fsp3) is 0.235. The van der Waals surface area contributed by atoms with Crippen molar-refractivity contribution in [3.8, 4) is 11.5 Å². The zero-order valence-corrected chi connectivity index (χ0v) is 14.6. The first kappa shape index (κ1) is 20.0. The van der Waals surface area contributed by atoms with Crippen LogP contribution in [0, 0.1) is 10.1 Å². The average Bonchev–Trinajstić information content (AvgIpc) is 2.64. The molecule has 0 aliphatic rings. The Hall–Kier alpha value is -3.30. The summed E-state index contributed by atoms with van der Waals surface area (Å²) in [7, 11) is 2.96. The van der Waals surface area contributed by atoms with Gasteiger partial charge in [-0.05, 0) is 37.3 Å². The Morgan fingerprint density at radius 1 is 1.11 bits per heavy atom. The van der Waals surface area contributed by atoms with Gasteiger partial charge < -0.3 is 9.47 Å². The molecule has 0 aliphatic heterocycles. The van der Waals surface area contributed by atoms with Crippen molar-refractivity contribution in [1.29, 1.82) is 0 Å². The van der Waals surface area contributed by atoms with E-state index in [0.29, 0.717) is 28.8 Å². The quantitative estimate of drug-likeness (QED) is 0.452. The SMILES string of the molecule is COc1ccc(/C(C)=N/Nc2ccc(C(F)(F)F)cc2[N+](=O)[O-])cc1OC. The fourth-order valence-electron chi connectivity index (χ4n) is 2.22. The Morgan fingerprint density at radius 2 is 1.78 bits per heavy atom. The summed E-state index contributed by atoms with van der Waals surface area (Å²) in [6.45, 7) is 1.63. The standard InChI is InChI=1S/C17H16F3N3O4/c1-10(11-4-7-15(26-2)16(8-11)27-3)21-22-13-6-5-12(17(18,19)20)9-14(13)23(24)25/h4-9,22H,1-3H3/b21-10+. The van der Waals surface area contributed by atoms with Crippen molar-refractivity contribution in [1.82, 2.24) is 0 Å². The van der Waals surface area contributed by atoms with E-state index in [2.05, 4.69) is 10.5 Å². The number of rotatable bonds is 6. The molecular formula is C17H16F3N3O4. The molecule has 0 fully saturated rings. The van der Waals surface area contributed by atoms with Crippen LogP contribution in [0.3, 0.4) is 0 Å². The minimum Gasteiger partial charge on any atom is -0.493 e. The second-order valence-electron chi connectivity index (χ2n) is 5.37. The Balaban J connectivity index is 2.33. The fourth-order valence-corrected chi connectivity index (χ4v) is 2.22. The summed E-state index contributed by atoms with van der Waals surface area (Å²) < 4.78 is 48.5. The number of nitrogens with one attached hydrogen (secondary N) is 1. The summed E-state index contributed by atoms with van der Waals surface area (Å²) in [5.41, 5.74) is 1.52. The molecule has 2 aromatic rings. The highest BCUT2D eigenvalue weighted by atomic mass is 19.4. The normalized spacial score (nSPS) is 11.9. The molecular weight excluding hydrogens is 367 g/mol. The lowest BCUT2D eigenvalue weighted by Gasteiger charge is -2.10. The van der Waals surface area contributed by atoms with Crippen LogP contribution in [0.2, 0.25) is 0 Å². The first-order chi connectivity index (χ1) is 12.7. The molecule has 10 heteroatoms. The van der Waals surface area contributed by atoms with E-state index in [-0.39, 0.29) is 5.69 Å². The molecule has 0 saturated carbocycles. The van der Waals surface area contributed by atoms with Crippen molar-refractivity contribution in [3.63, 3.8) is 0 Å². The molecule has 27 heavy (non-hydrogen) atoms. The van der Waals surface area contributed by atoms with Gasteiger partial charge in [0.2, 0.25) is 0 Å². The molecule has 0 spiro atoms. The zero-order valence-electron chi connectivity index (χ0n) is 14.6. The molecule has 0 aromatic heterocycles. The van der Waals surface area contributed by atoms with Gasteiger partial charge in [0, 0.05) is 11.6 Å². The van der Waals surface area contributed by atoms with Gasteiger partial charge in [-0.2, -0.15) is 18.3 Å². The number of benzene rings is 2. The smallest absolute Gasteiger partial charge is 0.416 e. The van der Waals surface area contributed by atoms with Gasteiger partial charge >= 0.3 is 6.18 Å². The van der Waals surface area contributed by atoms with E-state index in [1.54, 1.807) is 25.1 Å². The number of hydrogen-bond donors (Lipinski definition) is 1. The number of nitro groups is 1. The zero-order chi connectivity index (χ0) is 20.2. The number of hydrogen-bond acceptors (Lipinski definition) is 6. The topological polar surface area (TPSA) is 86.0 Å². The minimum atomic E-state index is -4.68. The van der Waals surface area contributed by atoms with Crippen molar-refractivity contribution >= 4 is 17.1 Å². The van der Waals surface area contributed by atoms with Gasteiger partial charge in [-0.25, -0.2) is 0 Å². The van der Waals surface area contributed by atoms with Crippen LogP contribution in [0.5, 0.6) is 11.5 Å². The number of nitro benzene ring substituents is 1. The van der Waals surface area contributed by atoms with E-state index < -0.39 is 22.4 Å². The van der Waals surface area contributed by atoms with Crippen LogP contribution in [0.25, 0.3) is 0 Å². The second kappa shape index (κ2) is 7.94. The van der Waals surface area contributed by atoms with E-state index in [1.807, 2.05) is 0 Å². The third-order valence-corrected chi connectivity index (χ3v) is 3.67. The van der Waals surface area contributed by atoms with Gasteiger partial charge in [-0.1, -0.05) is 0 Å². The van der Waals surface area contributed by atoms with Crippen LogP contribution in [0.15, 0.2) is 41.5 Å². The van der Waals surface area contributed by atoms with Crippen LogP contribution in [-0.4, -0.2) is 24.9 Å². The molecule has 0 heterocycles. The monoisotopic (exact) mass is 383 g/mol. The number of methoxy groups -OCH3 is 2. The second-order valence-corrected chi connectivity index (χ2v) is 5.37. The van der Waals surface area contributed by atoms with Crippen LogP contribution in [0.1, 0.15) is 18.1 Å². The Kier molecular flexibility index (Phi) is 5.88. The molecule has 7 nitrogen and oxygen atoms in total. The van der Waals surface area contributed by atoms with Gasteiger partial charge in [0.25, 0.3) is 5.69 Å². The number of ether oxygens (including phenoxy) is 2. The molecule has 0 radical (unpaired) electrons. The van der Waals surface area contributed by atoms with Crippen molar-refractivity contribution in [2.75, 3.05) is 19.6 Å². The maximum absolute atomic E-state index is 12.7.